The predicted octanol–water partition coefficient (Wildman–Crippen LogP) is 3.21. The number of nitrogens with zero attached hydrogens (tertiary/aromatic N) is 1. The molecule has 3 nitrogen and oxygen atoms in total. The largest absolute Gasteiger partial charge is 0.465 e. The maximum atomic E-state index is 12.1. The first-order valence-electron chi connectivity index (χ1n) is 7.71. The highest BCUT2D eigenvalue weighted by molar-refractivity contribution is 5.75. The first-order chi connectivity index (χ1) is 9.76. The monoisotopic (exact) mass is 275 g/mol. The average molecular weight is 275 g/mol. The van der Waals surface area contributed by atoms with Crippen molar-refractivity contribution < 1.29 is 9.53 Å². The summed E-state index contributed by atoms with van der Waals surface area (Å²) in [5.41, 5.74) is 1.38. The van der Waals surface area contributed by atoms with Crippen LogP contribution in [-0.2, 0) is 9.53 Å². The second-order valence-electron chi connectivity index (χ2n) is 5.45. The van der Waals surface area contributed by atoms with E-state index in [0.29, 0.717) is 12.5 Å². The summed E-state index contributed by atoms with van der Waals surface area (Å²) >= 11 is 0. The molecular formula is C17H25NO2. The number of esters is 1. The molecule has 1 fully saturated rings. The lowest BCUT2D eigenvalue weighted by molar-refractivity contribution is -0.149. The molecule has 1 heterocycles. The van der Waals surface area contributed by atoms with Gasteiger partial charge in [-0.1, -0.05) is 43.7 Å². The van der Waals surface area contributed by atoms with Crippen LogP contribution in [0.25, 0.3) is 0 Å². The van der Waals surface area contributed by atoms with E-state index in [-0.39, 0.29) is 12.0 Å². The van der Waals surface area contributed by atoms with Crippen LogP contribution in [0.1, 0.15) is 44.6 Å². The lowest BCUT2D eigenvalue weighted by Crippen LogP contribution is -2.40. The van der Waals surface area contributed by atoms with Gasteiger partial charge in [0.15, 0.2) is 0 Å². The van der Waals surface area contributed by atoms with Crippen LogP contribution < -0.4 is 0 Å². The molecule has 0 saturated carbocycles. The highest BCUT2D eigenvalue weighted by atomic mass is 16.5. The Hall–Kier alpha value is -1.35. The third-order valence-electron chi connectivity index (χ3n) is 4.05. The smallest absolute Gasteiger partial charge is 0.323 e. The molecule has 0 aromatic heterocycles. The highest BCUT2D eigenvalue weighted by Crippen LogP contribution is 2.29. The Morgan fingerprint density at radius 1 is 1.35 bits per heavy atom. The van der Waals surface area contributed by atoms with Gasteiger partial charge in [0, 0.05) is 6.54 Å². The Kier molecular flexibility index (Phi) is 5.60. The molecule has 0 bridgehead atoms. The van der Waals surface area contributed by atoms with Crippen molar-refractivity contribution >= 4 is 5.97 Å². The van der Waals surface area contributed by atoms with Crippen molar-refractivity contribution in [2.45, 2.75) is 45.1 Å². The number of hydrogen-bond donors (Lipinski definition) is 0. The van der Waals surface area contributed by atoms with E-state index in [1.807, 2.05) is 6.92 Å². The molecule has 0 amide bonds. The summed E-state index contributed by atoms with van der Waals surface area (Å²) in [6, 6.07) is 10.5. The molecule has 3 heteroatoms. The van der Waals surface area contributed by atoms with Gasteiger partial charge in [0.05, 0.1) is 6.61 Å². The predicted molar refractivity (Wildman–Crippen MR) is 80.7 cm³/mol. The molecule has 1 aliphatic heterocycles. The number of benzene rings is 1. The van der Waals surface area contributed by atoms with Crippen molar-refractivity contribution in [2.75, 3.05) is 19.7 Å². The van der Waals surface area contributed by atoms with Gasteiger partial charge in [-0.05, 0) is 37.8 Å². The molecule has 2 unspecified atom stereocenters. The van der Waals surface area contributed by atoms with Gasteiger partial charge in [0.25, 0.3) is 0 Å². The molecule has 1 saturated heterocycles. The quantitative estimate of drug-likeness (QED) is 0.747. The average Bonchev–Trinajstić information content (AvgIpc) is 2.95. The van der Waals surface area contributed by atoms with E-state index in [1.54, 1.807) is 0 Å². The fourth-order valence-electron chi connectivity index (χ4n) is 3.03. The van der Waals surface area contributed by atoms with Crippen LogP contribution in [-0.4, -0.2) is 36.6 Å². The van der Waals surface area contributed by atoms with Gasteiger partial charge >= 0.3 is 5.97 Å². The van der Waals surface area contributed by atoms with Gasteiger partial charge < -0.3 is 4.74 Å². The zero-order chi connectivity index (χ0) is 14.4. The van der Waals surface area contributed by atoms with E-state index >= 15 is 0 Å². The SMILES string of the molecule is CCCC(C(=O)OCC)N1CCC(c2ccccc2)C1. The van der Waals surface area contributed by atoms with Crippen molar-refractivity contribution in [2.24, 2.45) is 0 Å². The Balaban J connectivity index is 2.00. The van der Waals surface area contributed by atoms with Gasteiger partial charge in [-0.15, -0.1) is 0 Å². The van der Waals surface area contributed by atoms with Gasteiger partial charge in [0.1, 0.15) is 6.04 Å². The first-order valence-corrected chi connectivity index (χ1v) is 7.71. The molecule has 1 aromatic carbocycles. The first kappa shape index (κ1) is 15.0. The van der Waals surface area contributed by atoms with Crippen molar-refractivity contribution in [1.29, 1.82) is 0 Å². The van der Waals surface area contributed by atoms with Crippen molar-refractivity contribution in [3.63, 3.8) is 0 Å². The Morgan fingerprint density at radius 2 is 2.10 bits per heavy atom. The van der Waals surface area contributed by atoms with Gasteiger partial charge in [-0.25, -0.2) is 0 Å². The van der Waals surface area contributed by atoms with Gasteiger partial charge in [-0.3, -0.25) is 9.69 Å². The van der Waals surface area contributed by atoms with E-state index in [4.69, 9.17) is 4.74 Å². The van der Waals surface area contributed by atoms with E-state index in [1.165, 1.54) is 5.56 Å². The molecule has 1 aromatic rings. The summed E-state index contributed by atoms with van der Waals surface area (Å²) < 4.78 is 5.23. The van der Waals surface area contributed by atoms with Crippen LogP contribution in [0.4, 0.5) is 0 Å². The summed E-state index contributed by atoms with van der Waals surface area (Å²) in [6.45, 7) is 6.42. The van der Waals surface area contributed by atoms with Crippen LogP contribution in [0.3, 0.4) is 0 Å². The number of rotatable bonds is 6. The van der Waals surface area contributed by atoms with Gasteiger partial charge in [-0.2, -0.15) is 0 Å². The summed E-state index contributed by atoms with van der Waals surface area (Å²) in [5, 5.41) is 0. The second-order valence-corrected chi connectivity index (χ2v) is 5.45. The normalized spacial score (nSPS) is 20.8. The second kappa shape index (κ2) is 7.44. The highest BCUT2D eigenvalue weighted by Gasteiger charge is 2.33. The third-order valence-corrected chi connectivity index (χ3v) is 4.05. The van der Waals surface area contributed by atoms with Gasteiger partial charge in [0.2, 0.25) is 0 Å². The van der Waals surface area contributed by atoms with E-state index in [0.717, 1.165) is 32.4 Å². The fraction of sp³-hybridized carbons (Fsp3) is 0.588. The van der Waals surface area contributed by atoms with Crippen LogP contribution in [0.15, 0.2) is 30.3 Å². The number of hydrogen-bond acceptors (Lipinski definition) is 3. The maximum Gasteiger partial charge on any atom is 0.323 e. The molecule has 2 rings (SSSR count). The standard InChI is InChI=1S/C17H25NO2/c1-3-8-16(17(19)20-4-2)18-12-11-15(13-18)14-9-6-5-7-10-14/h5-7,9-10,15-16H,3-4,8,11-13H2,1-2H3. The molecular weight excluding hydrogens is 250 g/mol. The zero-order valence-electron chi connectivity index (χ0n) is 12.5. The zero-order valence-corrected chi connectivity index (χ0v) is 12.5. The minimum Gasteiger partial charge on any atom is -0.465 e. The molecule has 1 aliphatic rings. The number of carbonyl (C=O) groups is 1. The number of ether oxygens (including phenoxy) is 1. The summed E-state index contributed by atoms with van der Waals surface area (Å²) in [4.78, 5) is 14.4. The summed E-state index contributed by atoms with van der Waals surface area (Å²) in [6.07, 6.45) is 3.03. The van der Waals surface area contributed by atoms with E-state index in [2.05, 4.69) is 42.2 Å². The Labute approximate surface area is 121 Å². The van der Waals surface area contributed by atoms with Crippen LogP contribution in [0.5, 0.6) is 0 Å². The van der Waals surface area contributed by atoms with Crippen molar-refractivity contribution in [3.05, 3.63) is 35.9 Å². The fourth-order valence-corrected chi connectivity index (χ4v) is 3.03. The molecule has 0 N–H and O–H groups in total. The number of carbonyl (C=O) groups excluding carboxylic acids is 1. The van der Waals surface area contributed by atoms with Crippen molar-refractivity contribution in [1.82, 2.24) is 4.90 Å². The molecule has 0 spiro atoms. The number of likely N-dealkylation sites (tertiary alicyclic amines) is 1. The van der Waals surface area contributed by atoms with Crippen LogP contribution in [0, 0.1) is 0 Å². The topological polar surface area (TPSA) is 29.5 Å². The molecule has 110 valence electrons. The lowest BCUT2D eigenvalue weighted by atomic mass is 9.99. The van der Waals surface area contributed by atoms with Crippen LogP contribution >= 0.6 is 0 Å². The minimum absolute atomic E-state index is 0.0527. The molecule has 20 heavy (non-hydrogen) atoms. The Bertz CT molecular complexity index is 418. The molecule has 0 radical (unpaired) electrons. The lowest BCUT2D eigenvalue weighted by Gasteiger charge is -2.25. The van der Waals surface area contributed by atoms with E-state index in [9.17, 15) is 4.79 Å². The summed E-state index contributed by atoms with van der Waals surface area (Å²) in [7, 11) is 0. The van der Waals surface area contributed by atoms with Crippen molar-refractivity contribution in [3.8, 4) is 0 Å². The third kappa shape index (κ3) is 3.60. The molecule has 2 atom stereocenters. The summed E-state index contributed by atoms with van der Waals surface area (Å²) in [5.74, 6) is 0.494. The maximum absolute atomic E-state index is 12.1. The Morgan fingerprint density at radius 3 is 2.75 bits per heavy atom. The van der Waals surface area contributed by atoms with E-state index < -0.39 is 0 Å². The van der Waals surface area contributed by atoms with Crippen LogP contribution in [0.2, 0.25) is 0 Å². The minimum atomic E-state index is -0.0614. The molecule has 0 aliphatic carbocycles.